The Kier molecular flexibility index (Phi) is 9.29. The van der Waals surface area contributed by atoms with Crippen LogP contribution < -0.4 is 10.0 Å². The summed E-state index contributed by atoms with van der Waals surface area (Å²) in [6, 6.07) is 18.2. The van der Waals surface area contributed by atoms with Crippen molar-refractivity contribution in [3.63, 3.8) is 0 Å². The average Bonchev–Trinajstić information content (AvgIpc) is 2.88. The Hall–Kier alpha value is -4.05. The maximum Gasteiger partial charge on any atom is 0.303 e. The van der Waals surface area contributed by atoms with E-state index in [1.807, 2.05) is 22.9 Å². The maximum atomic E-state index is 12.6. The molecule has 3 rings (SSSR count). The van der Waals surface area contributed by atoms with Gasteiger partial charge in [-0.15, -0.1) is 0 Å². The van der Waals surface area contributed by atoms with E-state index in [4.69, 9.17) is 4.74 Å². The van der Waals surface area contributed by atoms with Crippen molar-refractivity contribution in [1.29, 1.82) is 0 Å². The van der Waals surface area contributed by atoms with E-state index < -0.39 is 21.9 Å². The summed E-state index contributed by atoms with van der Waals surface area (Å²) in [7, 11) is -4.16. The topological polar surface area (TPSA) is 132 Å². The molecule has 0 atom stereocenters. The second-order valence-corrected chi connectivity index (χ2v) is 9.66. The Balaban J connectivity index is 1.49. The lowest BCUT2D eigenvalue weighted by molar-refractivity contribution is -0.142. The molecule has 36 heavy (non-hydrogen) atoms. The summed E-state index contributed by atoms with van der Waals surface area (Å²) in [5, 5.41) is 2.82. The highest BCUT2D eigenvalue weighted by molar-refractivity contribution is 7.90. The molecule has 1 heterocycles. The molecule has 0 aliphatic carbocycles. The van der Waals surface area contributed by atoms with Crippen LogP contribution in [0.3, 0.4) is 0 Å². The van der Waals surface area contributed by atoms with Gasteiger partial charge in [0.15, 0.2) is 0 Å². The van der Waals surface area contributed by atoms with Crippen LogP contribution in [0.4, 0.5) is 0 Å². The van der Waals surface area contributed by atoms with E-state index in [1.165, 1.54) is 55.1 Å². The molecular formula is C26H27N3O6S. The summed E-state index contributed by atoms with van der Waals surface area (Å²) in [4.78, 5) is 39.4. The van der Waals surface area contributed by atoms with Gasteiger partial charge in [0.05, 0.1) is 16.2 Å². The first-order chi connectivity index (χ1) is 17.2. The van der Waals surface area contributed by atoms with Gasteiger partial charge >= 0.3 is 5.97 Å². The minimum Gasteiger partial charge on any atom is -0.459 e. The zero-order chi connectivity index (χ0) is 26.0. The summed E-state index contributed by atoms with van der Waals surface area (Å²) in [6.45, 7) is 1.72. The normalized spacial score (nSPS) is 10.9. The van der Waals surface area contributed by atoms with Gasteiger partial charge in [0.1, 0.15) is 6.61 Å². The van der Waals surface area contributed by atoms with Crippen LogP contribution in [0.5, 0.6) is 0 Å². The Morgan fingerprint density at radius 3 is 2.19 bits per heavy atom. The zero-order valence-corrected chi connectivity index (χ0v) is 20.6. The number of aryl methyl sites for hydroxylation is 1. The Bertz CT molecular complexity index is 1290. The minimum atomic E-state index is -4.16. The van der Waals surface area contributed by atoms with Crippen LogP contribution in [0.2, 0.25) is 0 Å². The smallest absolute Gasteiger partial charge is 0.303 e. The van der Waals surface area contributed by atoms with Crippen LogP contribution in [0.15, 0.2) is 77.8 Å². The van der Waals surface area contributed by atoms with E-state index in [0.29, 0.717) is 17.8 Å². The molecule has 0 aliphatic heterocycles. The molecule has 1 aromatic heterocycles. The SMILES string of the molecule is CC(=O)OCc1ccc(C(=O)NS(=O)(=O)c2ccc(C(=O)NCCCCc3ccccc3)cc2)cn1. The van der Waals surface area contributed by atoms with E-state index in [-0.39, 0.29) is 23.0 Å². The van der Waals surface area contributed by atoms with Gasteiger partial charge in [-0.2, -0.15) is 0 Å². The number of rotatable bonds is 11. The number of benzene rings is 2. The second-order valence-electron chi connectivity index (χ2n) is 7.98. The molecule has 2 N–H and O–H groups in total. The summed E-state index contributed by atoms with van der Waals surface area (Å²) in [5.74, 6) is -1.63. The molecule has 0 unspecified atom stereocenters. The number of carbonyl (C=O) groups is 3. The molecule has 10 heteroatoms. The molecule has 0 spiro atoms. The van der Waals surface area contributed by atoms with Gasteiger partial charge in [-0.05, 0) is 61.2 Å². The van der Waals surface area contributed by atoms with Gasteiger partial charge in [0.2, 0.25) is 0 Å². The quantitative estimate of drug-likeness (QED) is 0.300. The molecule has 9 nitrogen and oxygen atoms in total. The molecule has 3 aromatic rings. The van der Waals surface area contributed by atoms with Crippen molar-refractivity contribution < 1.29 is 27.5 Å². The zero-order valence-electron chi connectivity index (χ0n) is 19.8. The summed E-state index contributed by atoms with van der Waals surface area (Å²) in [5.41, 5.74) is 2.00. The molecule has 0 aliphatic rings. The maximum absolute atomic E-state index is 12.6. The third-order valence-electron chi connectivity index (χ3n) is 5.18. The van der Waals surface area contributed by atoms with Gasteiger partial charge in [-0.1, -0.05) is 30.3 Å². The summed E-state index contributed by atoms with van der Waals surface area (Å²) < 4.78 is 32.0. The standard InChI is InChI=1S/C26H27N3O6S/c1-19(30)35-18-23-13-10-22(17-28-23)26(32)29-36(33,34)24-14-11-21(12-15-24)25(31)27-16-6-5-9-20-7-3-2-4-8-20/h2-4,7-8,10-15,17H,5-6,9,16,18H2,1H3,(H,27,31)(H,29,32). The van der Waals surface area contributed by atoms with E-state index in [2.05, 4.69) is 22.4 Å². The van der Waals surface area contributed by atoms with E-state index in [9.17, 15) is 22.8 Å². The molecule has 0 fully saturated rings. The number of nitrogens with one attached hydrogen (secondary N) is 2. The van der Waals surface area contributed by atoms with Crippen molar-refractivity contribution in [3.8, 4) is 0 Å². The number of esters is 1. The average molecular weight is 510 g/mol. The van der Waals surface area contributed by atoms with E-state index >= 15 is 0 Å². The number of aromatic nitrogens is 1. The number of unbranched alkanes of at least 4 members (excludes halogenated alkanes) is 1. The molecule has 0 radical (unpaired) electrons. The number of hydrogen-bond acceptors (Lipinski definition) is 7. The Morgan fingerprint density at radius 1 is 0.861 bits per heavy atom. The lowest BCUT2D eigenvalue weighted by Crippen LogP contribution is -2.31. The first-order valence-corrected chi connectivity index (χ1v) is 12.8. The number of carbonyl (C=O) groups excluding carboxylic acids is 3. The predicted molar refractivity (Wildman–Crippen MR) is 133 cm³/mol. The number of nitrogens with zero attached hydrogens (tertiary/aromatic N) is 1. The van der Waals surface area contributed by atoms with Crippen LogP contribution in [-0.4, -0.2) is 37.7 Å². The van der Waals surface area contributed by atoms with Crippen molar-refractivity contribution in [3.05, 3.63) is 95.3 Å². The van der Waals surface area contributed by atoms with Crippen LogP contribution in [0.1, 0.15) is 51.7 Å². The molecule has 0 bridgehead atoms. The van der Waals surface area contributed by atoms with Crippen molar-refractivity contribution >= 4 is 27.8 Å². The number of hydrogen-bond donors (Lipinski definition) is 2. The first-order valence-electron chi connectivity index (χ1n) is 11.3. The second kappa shape index (κ2) is 12.6. The number of ether oxygens (including phenoxy) is 1. The fourth-order valence-corrected chi connectivity index (χ4v) is 4.22. The van der Waals surface area contributed by atoms with Gasteiger partial charge in [-0.3, -0.25) is 19.4 Å². The molecular weight excluding hydrogens is 482 g/mol. The van der Waals surface area contributed by atoms with Crippen molar-refractivity contribution in [2.45, 2.75) is 37.7 Å². The monoisotopic (exact) mass is 509 g/mol. The number of amides is 2. The molecule has 188 valence electrons. The third kappa shape index (κ3) is 8.02. The Morgan fingerprint density at radius 2 is 1.56 bits per heavy atom. The van der Waals surface area contributed by atoms with E-state index in [1.54, 1.807) is 0 Å². The van der Waals surface area contributed by atoms with Crippen LogP contribution in [0, 0.1) is 0 Å². The van der Waals surface area contributed by atoms with Crippen molar-refractivity contribution in [2.24, 2.45) is 0 Å². The lowest BCUT2D eigenvalue weighted by Gasteiger charge is -2.09. The Labute approximate surface area is 210 Å². The highest BCUT2D eigenvalue weighted by Gasteiger charge is 2.19. The predicted octanol–water partition coefficient (Wildman–Crippen LogP) is 3.02. The first kappa shape index (κ1) is 26.6. The number of pyridine rings is 1. The van der Waals surface area contributed by atoms with Crippen LogP contribution in [0.25, 0.3) is 0 Å². The molecule has 2 amide bonds. The van der Waals surface area contributed by atoms with Crippen molar-refractivity contribution in [2.75, 3.05) is 6.54 Å². The van der Waals surface area contributed by atoms with Crippen molar-refractivity contribution in [1.82, 2.24) is 15.0 Å². The number of sulfonamides is 1. The minimum absolute atomic E-state index is 0.0217. The highest BCUT2D eigenvalue weighted by atomic mass is 32.2. The lowest BCUT2D eigenvalue weighted by atomic mass is 10.1. The van der Waals surface area contributed by atoms with E-state index in [0.717, 1.165) is 19.3 Å². The van der Waals surface area contributed by atoms with Gasteiger partial charge in [0, 0.05) is 25.2 Å². The van der Waals surface area contributed by atoms with Crippen LogP contribution >= 0.6 is 0 Å². The molecule has 0 saturated heterocycles. The van der Waals surface area contributed by atoms with Gasteiger partial charge in [-0.25, -0.2) is 13.1 Å². The molecule has 2 aromatic carbocycles. The summed E-state index contributed by atoms with van der Waals surface area (Å²) in [6.07, 6.45) is 3.88. The highest BCUT2D eigenvalue weighted by Crippen LogP contribution is 2.12. The van der Waals surface area contributed by atoms with Gasteiger partial charge < -0.3 is 10.1 Å². The fourth-order valence-electron chi connectivity index (χ4n) is 3.25. The molecule has 0 saturated carbocycles. The van der Waals surface area contributed by atoms with Gasteiger partial charge in [0.25, 0.3) is 21.8 Å². The van der Waals surface area contributed by atoms with Crippen LogP contribution in [-0.2, 0) is 32.6 Å². The largest absolute Gasteiger partial charge is 0.459 e. The summed E-state index contributed by atoms with van der Waals surface area (Å²) >= 11 is 0. The fraction of sp³-hybridized carbons (Fsp3) is 0.231. The third-order valence-corrected chi connectivity index (χ3v) is 6.53.